The smallest absolute Gasteiger partial charge is 0.333 e. The van der Waals surface area contributed by atoms with E-state index in [0.29, 0.717) is 18.6 Å². The molecule has 1 aliphatic carbocycles. The van der Waals surface area contributed by atoms with Crippen LogP contribution in [0.2, 0.25) is 0 Å². The quantitative estimate of drug-likeness (QED) is 0.407. The zero-order valence-electron chi connectivity index (χ0n) is 12.2. The highest BCUT2D eigenvalue weighted by molar-refractivity contribution is 5.89. The number of hydrogen-bond acceptors (Lipinski definition) is 5. The van der Waals surface area contributed by atoms with Crippen molar-refractivity contribution in [1.82, 2.24) is 5.01 Å². The second kappa shape index (κ2) is 6.35. The molecule has 0 radical (unpaired) electrons. The van der Waals surface area contributed by atoms with E-state index in [9.17, 15) is 9.70 Å². The van der Waals surface area contributed by atoms with Gasteiger partial charge in [-0.15, -0.1) is 4.91 Å². The summed E-state index contributed by atoms with van der Waals surface area (Å²) < 4.78 is 11.0. The van der Waals surface area contributed by atoms with Crippen LogP contribution in [-0.4, -0.2) is 41.9 Å². The molecule has 112 valence electrons. The molecule has 1 heterocycles. The molecular formula is C14H22N2O4. The lowest BCUT2D eigenvalue weighted by Gasteiger charge is -2.23. The predicted molar refractivity (Wildman–Crippen MR) is 73.8 cm³/mol. The maximum absolute atomic E-state index is 11.9. The highest BCUT2D eigenvalue weighted by atomic mass is 16.5. The highest BCUT2D eigenvalue weighted by Crippen LogP contribution is 2.42. The van der Waals surface area contributed by atoms with Crippen LogP contribution >= 0.6 is 0 Å². The molecule has 1 aliphatic heterocycles. The van der Waals surface area contributed by atoms with E-state index in [1.807, 2.05) is 6.08 Å². The third-order valence-electron chi connectivity index (χ3n) is 3.97. The fourth-order valence-corrected chi connectivity index (χ4v) is 2.77. The molecule has 0 saturated carbocycles. The van der Waals surface area contributed by atoms with Gasteiger partial charge in [0.25, 0.3) is 0 Å². The van der Waals surface area contributed by atoms with E-state index in [1.54, 1.807) is 6.92 Å². The Labute approximate surface area is 119 Å². The summed E-state index contributed by atoms with van der Waals surface area (Å²) in [6, 6.07) is -0.0393. The molecule has 6 nitrogen and oxygen atoms in total. The lowest BCUT2D eigenvalue weighted by atomic mass is 9.97. The second-order valence-corrected chi connectivity index (χ2v) is 5.18. The van der Waals surface area contributed by atoms with Crippen LogP contribution in [0.1, 0.15) is 40.0 Å². The topological polar surface area (TPSA) is 68.0 Å². The first-order valence-electron chi connectivity index (χ1n) is 7.31. The van der Waals surface area contributed by atoms with Gasteiger partial charge in [-0.1, -0.05) is 13.8 Å². The molecule has 0 aromatic heterocycles. The Morgan fingerprint density at radius 2 is 2.15 bits per heavy atom. The number of nitroso groups, excluding NO2 is 1. The molecule has 1 saturated heterocycles. The number of fused-ring (bicyclic) bond motifs is 1. The molecule has 0 aromatic rings. The minimum Gasteiger partial charge on any atom is -0.463 e. The standard InChI is InChI=1S/C14H22N2O4/c1-4-10(5-2)20-12-8-9(14(17)19-6-3)7-11-13(12)16(11)15-18/h8,10-13H,4-7H2,1-3H3. The number of carbonyl (C=O) groups is 1. The van der Waals surface area contributed by atoms with Gasteiger partial charge in [0.05, 0.1) is 24.0 Å². The lowest BCUT2D eigenvalue weighted by Crippen LogP contribution is -2.30. The molecule has 0 aromatic carbocycles. The van der Waals surface area contributed by atoms with Crippen LogP contribution in [0.15, 0.2) is 16.9 Å². The molecular weight excluding hydrogens is 260 g/mol. The van der Waals surface area contributed by atoms with Crippen LogP contribution in [0.25, 0.3) is 0 Å². The molecule has 2 aliphatic rings. The summed E-state index contributed by atoms with van der Waals surface area (Å²) in [5.74, 6) is -0.318. The Kier molecular flexibility index (Phi) is 4.75. The Bertz CT molecular complexity index is 406. The number of ether oxygens (including phenoxy) is 2. The SMILES string of the molecule is CCOC(=O)C1=CC(OC(CC)CC)C2C(C1)N2N=O. The molecule has 0 spiro atoms. The van der Waals surface area contributed by atoms with Crippen molar-refractivity contribution < 1.29 is 14.3 Å². The maximum atomic E-state index is 11.9. The predicted octanol–water partition coefficient (Wildman–Crippen LogP) is 2.19. The van der Waals surface area contributed by atoms with Gasteiger partial charge in [-0.25, -0.2) is 9.80 Å². The van der Waals surface area contributed by atoms with Crippen molar-refractivity contribution in [2.75, 3.05) is 6.61 Å². The second-order valence-electron chi connectivity index (χ2n) is 5.18. The van der Waals surface area contributed by atoms with Crippen LogP contribution in [-0.2, 0) is 14.3 Å². The Balaban J connectivity index is 2.10. The van der Waals surface area contributed by atoms with Gasteiger partial charge < -0.3 is 9.47 Å². The molecule has 6 heteroatoms. The van der Waals surface area contributed by atoms with Gasteiger partial charge >= 0.3 is 5.97 Å². The van der Waals surface area contributed by atoms with Crippen LogP contribution in [0.5, 0.6) is 0 Å². The number of hydrogen-bond donors (Lipinski definition) is 0. The summed E-state index contributed by atoms with van der Waals surface area (Å²) in [6.07, 6.45) is 4.01. The lowest BCUT2D eigenvalue weighted by molar-refractivity contribution is -0.138. The monoisotopic (exact) mass is 282 g/mol. The van der Waals surface area contributed by atoms with Crippen LogP contribution < -0.4 is 0 Å². The Hall–Kier alpha value is -1.43. The van der Waals surface area contributed by atoms with E-state index in [2.05, 4.69) is 19.1 Å². The summed E-state index contributed by atoms with van der Waals surface area (Å²) in [4.78, 5) is 22.6. The minimum absolute atomic E-state index is 0.0173. The fraction of sp³-hybridized carbons (Fsp3) is 0.786. The maximum Gasteiger partial charge on any atom is 0.333 e. The molecule has 0 N–H and O–H groups in total. The number of carbonyl (C=O) groups excluding carboxylic acids is 1. The third kappa shape index (κ3) is 2.85. The molecule has 0 bridgehead atoms. The first-order valence-corrected chi connectivity index (χ1v) is 7.31. The first-order chi connectivity index (χ1) is 9.65. The van der Waals surface area contributed by atoms with E-state index in [1.165, 1.54) is 5.01 Å². The van der Waals surface area contributed by atoms with Gasteiger partial charge in [0, 0.05) is 12.0 Å². The Morgan fingerprint density at radius 3 is 2.70 bits per heavy atom. The van der Waals surface area contributed by atoms with Crippen molar-refractivity contribution in [2.45, 2.75) is 64.3 Å². The van der Waals surface area contributed by atoms with E-state index in [-0.39, 0.29) is 30.3 Å². The largest absolute Gasteiger partial charge is 0.463 e. The number of nitrogens with zero attached hydrogens (tertiary/aromatic N) is 2. The fourth-order valence-electron chi connectivity index (χ4n) is 2.77. The number of esters is 1. The van der Waals surface area contributed by atoms with Crippen LogP contribution in [0.4, 0.5) is 0 Å². The van der Waals surface area contributed by atoms with E-state index < -0.39 is 0 Å². The average molecular weight is 282 g/mol. The molecule has 1 fully saturated rings. The van der Waals surface area contributed by atoms with Crippen LogP contribution in [0.3, 0.4) is 0 Å². The van der Waals surface area contributed by atoms with Gasteiger partial charge in [-0.3, -0.25) is 0 Å². The van der Waals surface area contributed by atoms with Gasteiger partial charge in [0.2, 0.25) is 0 Å². The zero-order chi connectivity index (χ0) is 14.7. The van der Waals surface area contributed by atoms with E-state index in [0.717, 1.165) is 12.8 Å². The van der Waals surface area contributed by atoms with Gasteiger partial charge in [-0.2, -0.15) is 0 Å². The van der Waals surface area contributed by atoms with Crippen molar-refractivity contribution >= 4 is 5.97 Å². The summed E-state index contributed by atoms with van der Waals surface area (Å²) in [7, 11) is 0. The zero-order valence-corrected chi connectivity index (χ0v) is 12.2. The molecule has 0 amide bonds. The van der Waals surface area contributed by atoms with Crippen molar-refractivity contribution in [2.24, 2.45) is 5.29 Å². The molecule has 3 atom stereocenters. The van der Waals surface area contributed by atoms with Crippen LogP contribution in [0, 0.1) is 4.91 Å². The molecule has 2 rings (SSSR count). The van der Waals surface area contributed by atoms with E-state index in [4.69, 9.17) is 9.47 Å². The average Bonchev–Trinajstić information content (AvgIpc) is 3.18. The number of rotatable bonds is 7. The Morgan fingerprint density at radius 1 is 1.45 bits per heavy atom. The minimum atomic E-state index is -0.318. The van der Waals surface area contributed by atoms with Crippen molar-refractivity contribution in [3.63, 3.8) is 0 Å². The normalized spacial score (nSPS) is 27.9. The van der Waals surface area contributed by atoms with Gasteiger partial charge in [0.1, 0.15) is 12.1 Å². The van der Waals surface area contributed by atoms with Crippen molar-refractivity contribution in [3.8, 4) is 0 Å². The highest BCUT2D eigenvalue weighted by Gasteiger charge is 2.56. The summed E-state index contributed by atoms with van der Waals surface area (Å²) in [5.41, 5.74) is 0.593. The summed E-state index contributed by atoms with van der Waals surface area (Å²) in [6.45, 7) is 6.25. The van der Waals surface area contributed by atoms with Gasteiger partial charge in [-0.05, 0) is 25.8 Å². The molecule has 20 heavy (non-hydrogen) atoms. The first kappa shape index (κ1) is 15.0. The van der Waals surface area contributed by atoms with Gasteiger partial charge in [0.15, 0.2) is 0 Å². The summed E-state index contributed by atoms with van der Waals surface area (Å²) >= 11 is 0. The molecule has 3 unspecified atom stereocenters. The van der Waals surface area contributed by atoms with Crippen molar-refractivity contribution in [3.05, 3.63) is 16.6 Å². The van der Waals surface area contributed by atoms with E-state index >= 15 is 0 Å². The summed E-state index contributed by atoms with van der Waals surface area (Å²) in [5, 5.41) is 4.49. The third-order valence-corrected chi connectivity index (χ3v) is 3.97. The van der Waals surface area contributed by atoms with Crippen molar-refractivity contribution in [1.29, 1.82) is 0 Å².